The lowest BCUT2D eigenvalue weighted by Crippen LogP contribution is -2.25. The van der Waals surface area contributed by atoms with E-state index in [9.17, 15) is 9.18 Å². The standard InChI is InChI=1S/C28H33FN2O4/c1-5-33-24-10-7-21(8-11-24)26-12-9-23(31-28(26)34-6-2)16-27(32)30-17-20-13-22(29)15-25(14-20)35-18-19(3)4/h7-15,19H,5-6,16-18H2,1-4H3,(H,30,32). The summed E-state index contributed by atoms with van der Waals surface area (Å²) in [6.45, 7) is 9.62. The quantitative estimate of drug-likeness (QED) is 0.367. The van der Waals surface area contributed by atoms with Gasteiger partial charge in [-0.15, -0.1) is 0 Å². The van der Waals surface area contributed by atoms with Gasteiger partial charge in [-0.3, -0.25) is 4.79 Å². The predicted molar refractivity (Wildman–Crippen MR) is 134 cm³/mol. The van der Waals surface area contributed by atoms with Crippen molar-refractivity contribution in [2.45, 2.75) is 40.7 Å². The van der Waals surface area contributed by atoms with E-state index in [4.69, 9.17) is 14.2 Å². The van der Waals surface area contributed by atoms with Crippen LogP contribution in [0, 0.1) is 11.7 Å². The lowest BCUT2D eigenvalue weighted by molar-refractivity contribution is -0.120. The monoisotopic (exact) mass is 480 g/mol. The molecule has 1 aromatic heterocycles. The number of amides is 1. The van der Waals surface area contributed by atoms with Crippen molar-refractivity contribution in [2.24, 2.45) is 5.92 Å². The molecule has 0 aliphatic carbocycles. The molecule has 0 aliphatic rings. The normalized spacial score (nSPS) is 10.8. The van der Waals surface area contributed by atoms with E-state index in [-0.39, 0.29) is 18.9 Å². The minimum Gasteiger partial charge on any atom is -0.494 e. The van der Waals surface area contributed by atoms with Gasteiger partial charge in [0.15, 0.2) is 0 Å². The van der Waals surface area contributed by atoms with Crippen LogP contribution in [0.5, 0.6) is 17.4 Å². The molecule has 1 heterocycles. The molecule has 7 heteroatoms. The third-order valence-electron chi connectivity index (χ3n) is 5.02. The van der Waals surface area contributed by atoms with Gasteiger partial charge in [-0.25, -0.2) is 9.37 Å². The third-order valence-corrected chi connectivity index (χ3v) is 5.02. The van der Waals surface area contributed by atoms with Gasteiger partial charge in [0, 0.05) is 18.2 Å². The molecule has 0 fully saturated rings. The topological polar surface area (TPSA) is 69.7 Å². The van der Waals surface area contributed by atoms with Gasteiger partial charge in [0.1, 0.15) is 17.3 Å². The highest BCUT2D eigenvalue weighted by molar-refractivity contribution is 5.78. The lowest BCUT2D eigenvalue weighted by atomic mass is 10.1. The molecule has 0 aliphatic heterocycles. The summed E-state index contributed by atoms with van der Waals surface area (Å²) < 4.78 is 30.8. The molecule has 6 nitrogen and oxygen atoms in total. The van der Waals surface area contributed by atoms with Crippen LogP contribution in [0.2, 0.25) is 0 Å². The summed E-state index contributed by atoms with van der Waals surface area (Å²) in [4.78, 5) is 17.1. The maximum Gasteiger partial charge on any atom is 0.226 e. The Hall–Kier alpha value is -3.61. The number of pyridine rings is 1. The van der Waals surface area contributed by atoms with Gasteiger partial charge in [0.2, 0.25) is 11.8 Å². The molecule has 0 bridgehead atoms. The minimum absolute atomic E-state index is 0.0790. The average molecular weight is 481 g/mol. The van der Waals surface area contributed by atoms with Gasteiger partial charge in [-0.05, 0) is 67.3 Å². The summed E-state index contributed by atoms with van der Waals surface area (Å²) >= 11 is 0. The first-order valence-corrected chi connectivity index (χ1v) is 11.9. The summed E-state index contributed by atoms with van der Waals surface area (Å²) in [5.41, 5.74) is 3.00. The molecular formula is C28H33FN2O4. The second kappa shape index (κ2) is 12.7. The number of nitrogens with zero attached hydrogens (tertiary/aromatic N) is 1. The Labute approximate surface area is 206 Å². The molecule has 35 heavy (non-hydrogen) atoms. The summed E-state index contributed by atoms with van der Waals surface area (Å²) in [6.07, 6.45) is 0.0790. The van der Waals surface area contributed by atoms with Crippen LogP contribution in [0.25, 0.3) is 11.1 Å². The van der Waals surface area contributed by atoms with Crippen molar-refractivity contribution in [1.82, 2.24) is 10.3 Å². The lowest BCUT2D eigenvalue weighted by Gasteiger charge is -2.13. The zero-order valence-electron chi connectivity index (χ0n) is 20.8. The van der Waals surface area contributed by atoms with Gasteiger partial charge < -0.3 is 19.5 Å². The first kappa shape index (κ1) is 26.0. The second-order valence-electron chi connectivity index (χ2n) is 8.50. The molecule has 2 aromatic carbocycles. The van der Waals surface area contributed by atoms with Gasteiger partial charge in [0.25, 0.3) is 0 Å². The van der Waals surface area contributed by atoms with E-state index in [2.05, 4.69) is 10.3 Å². The molecule has 3 rings (SSSR count). The van der Waals surface area contributed by atoms with Gasteiger partial charge in [-0.2, -0.15) is 0 Å². The zero-order valence-corrected chi connectivity index (χ0v) is 20.8. The van der Waals surface area contributed by atoms with Crippen molar-refractivity contribution in [2.75, 3.05) is 19.8 Å². The number of carbonyl (C=O) groups excluding carboxylic acids is 1. The molecule has 0 radical (unpaired) electrons. The molecule has 0 saturated heterocycles. The van der Waals surface area contributed by atoms with Crippen molar-refractivity contribution < 1.29 is 23.4 Å². The van der Waals surface area contributed by atoms with Crippen molar-refractivity contribution in [3.8, 4) is 28.5 Å². The van der Waals surface area contributed by atoms with Gasteiger partial charge >= 0.3 is 0 Å². The van der Waals surface area contributed by atoms with Crippen LogP contribution >= 0.6 is 0 Å². The molecule has 0 unspecified atom stereocenters. The summed E-state index contributed by atoms with van der Waals surface area (Å²) in [5.74, 6) is 1.43. The summed E-state index contributed by atoms with van der Waals surface area (Å²) in [6, 6.07) is 15.9. The van der Waals surface area contributed by atoms with E-state index in [1.54, 1.807) is 6.07 Å². The number of halogens is 1. The Kier molecular flexibility index (Phi) is 9.47. The first-order valence-electron chi connectivity index (χ1n) is 11.9. The molecule has 3 aromatic rings. The summed E-state index contributed by atoms with van der Waals surface area (Å²) in [7, 11) is 0. The van der Waals surface area contributed by atoms with E-state index in [1.165, 1.54) is 12.1 Å². The Balaban J connectivity index is 1.65. The number of aromatic nitrogens is 1. The van der Waals surface area contributed by atoms with Crippen LogP contribution in [0.1, 0.15) is 39.0 Å². The van der Waals surface area contributed by atoms with Crippen LogP contribution in [0.15, 0.2) is 54.6 Å². The molecule has 0 saturated carbocycles. The third kappa shape index (κ3) is 7.98. The van der Waals surface area contributed by atoms with Crippen LogP contribution in [0.3, 0.4) is 0 Å². The first-order chi connectivity index (χ1) is 16.9. The average Bonchev–Trinajstić information content (AvgIpc) is 2.82. The number of hydrogen-bond donors (Lipinski definition) is 1. The number of hydrogen-bond acceptors (Lipinski definition) is 5. The van der Waals surface area contributed by atoms with E-state index in [0.717, 1.165) is 16.9 Å². The Morgan fingerprint density at radius 3 is 2.37 bits per heavy atom. The SMILES string of the molecule is CCOc1ccc(-c2ccc(CC(=O)NCc3cc(F)cc(OCC(C)C)c3)nc2OCC)cc1. The van der Waals surface area contributed by atoms with Crippen LogP contribution in [-0.4, -0.2) is 30.7 Å². The van der Waals surface area contributed by atoms with Crippen molar-refractivity contribution >= 4 is 5.91 Å². The number of nitrogens with one attached hydrogen (secondary N) is 1. The van der Waals surface area contributed by atoms with Crippen LogP contribution in [0.4, 0.5) is 4.39 Å². The molecule has 1 amide bonds. The van der Waals surface area contributed by atoms with Crippen molar-refractivity contribution in [1.29, 1.82) is 0 Å². The fraction of sp³-hybridized carbons (Fsp3) is 0.357. The predicted octanol–water partition coefficient (Wildman–Crippen LogP) is 5.58. The fourth-order valence-electron chi connectivity index (χ4n) is 3.44. The van der Waals surface area contributed by atoms with Crippen molar-refractivity contribution in [3.05, 3.63) is 71.7 Å². The molecular weight excluding hydrogens is 447 g/mol. The van der Waals surface area contributed by atoms with Crippen molar-refractivity contribution in [3.63, 3.8) is 0 Å². The highest BCUT2D eigenvalue weighted by atomic mass is 19.1. The minimum atomic E-state index is -0.400. The maximum atomic E-state index is 14.0. The van der Waals surface area contributed by atoms with E-state index < -0.39 is 5.82 Å². The number of ether oxygens (including phenoxy) is 3. The van der Waals surface area contributed by atoms with E-state index in [0.29, 0.717) is 48.6 Å². The molecule has 186 valence electrons. The maximum absolute atomic E-state index is 14.0. The summed E-state index contributed by atoms with van der Waals surface area (Å²) in [5, 5.41) is 2.83. The Bertz CT molecular complexity index is 1120. The largest absolute Gasteiger partial charge is 0.494 e. The molecule has 1 N–H and O–H groups in total. The zero-order chi connectivity index (χ0) is 25.2. The van der Waals surface area contributed by atoms with Gasteiger partial charge in [0.05, 0.1) is 31.9 Å². The highest BCUT2D eigenvalue weighted by Crippen LogP contribution is 2.30. The van der Waals surface area contributed by atoms with Gasteiger partial charge in [-0.1, -0.05) is 26.0 Å². The van der Waals surface area contributed by atoms with E-state index in [1.807, 2.05) is 64.1 Å². The molecule has 0 atom stereocenters. The Morgan fingerprint density at radius 1 is 0.943 bits per heavy atom. The number of benzene rings is 2. The molecule has 0 spiro atoms. The van der Waals surface area contributed by atoms with Crippen LogP contribution in [-0.2, 0) is 17.8 Å². The Morgan fingerprint density at radius 2 is 1.69 bits per heavy atom. The fourth-order valence-corrected chi connectivity index (χ4v) is 3.44. The van der Waals surface area contributed by atoms with Crippen LogP contribution < -0.4 is 19.5 Å². The van der Waals surface area contributed by atoms with E-state index >= 15 is 0 Å². The second-order valence-corrected chi connectivity index (χ2v) is 8.50. The number of carbonyl (C=O) groups is 1. The smallest absolute Gasteiger partial charge is 0.226 e. The highest BCUT2D eigenvalue weighted by Gasteiger charge is 2.13. The number of rotatable bonds is 12.